The summed E-state index contributed by atoms with van der Waals surface area (Å²) in [6.07, 6.45) is 1.64. The van der Waals surface area contributed by atoms with E-state index in [0.29, 0.717) is 5.92 Å². The van der Waals surface area contributed by atoms with Gasteiger partial charge in [-0.25, -0.2) is 0 Å². The van der Waals surface area contributed by atoms with Crippen molar-refractivity contribution in [1.29, 1.82) is 0 Å². The summed E-state index contributed by atoms with van der Waals surface area (Å²) >= 11 is 0. The summed E-state index contributed by atoms with van der Waals surface area (Å²) in [6.45, 7) is 6.10. The van der Waals surface area contributed by atoms with Crippen LogP contribution in [-0.2, 0) is 9.53 Å². The molecule has 0 aliphatic carbocycles. The van der Waals surface area contributed by atoms with Crippen molar-refractivity contribution in [3.8, 4) is 0 Å². The van der Waals surface area contributed by atoms with Crippen LogP contribution in [0.5, 0.6) is 0 Å². The number of hydrogen-bond acceptors (Lipinski definition) is 3. The summed E-state index contributed by atoms with van der Waals surface area (Å²) in [6, 6.07) is 0. The van der Waals surface area contributed by atoms with E-state index < -0.39 is 0 Å². The highest BCUT2D eigenvalue weighted by Crippen LogP contribution is 2.30. The predicted molar refractivity (Wildman–Crippen MR) is 53.7 cm³/mol. The first-order chi connectivity index (χ1) is 6.60. The molecule has 1 aliphatic rings. The van der Waals surface area contributed by atoms with Crippen LogP contribution in [0.3, 0.4) is 0 Å². The Bertz CT molecular complexity index is 199. The summed E-state index contributed by atoms with van der Waals surface area (Å²) in [4.78, 5) is 11.4. The minimum Gasteiger partial charge on any atom is -0.461 e. The molecule has 0 amide bonds. The Kier molecular flexibility index (Phi) is 3.93. The molecule has 1 fully saturated rings. The van der Waals surface area contributed by atoms with Gasteiger partial charge in [0.05, 0.1) is 5.92 Å². The number of aliphatic hydroxyl groups excluding tert-OH is 1. The average Bonchev–Trinajstić information content (AvgIpc) is 2.15. The first kappa shape index (κ1) is 11.5. The Morgan fingerprint density at radius 2 is 2.21 bits per heavy atom. The maximum atomic E-state index is 11.4. The summed E-state index contributed by atoms with van der Waals surface area (Å²) < 4.78 is 5.36. The molecule has 0 saturated carbocycles. The minimum atomic E-state index is -0.111. The monoisotopic (exact) mass is 200 g/mol. The fraction of sp³-hybridized carbons (Fsp3) is 0.909. The largest absolute Gasteiger partial charge is 0.461 e. The summed E-state index contributed by atoms with van der Waals surface area (Å²) in [5, 5.41) is 9.16. The van der Waals surface area contributed by atoms with E-state index in [2.05, 4.69) is 6.92 Å². The van der Waals surface area contributed by atoms with Gasteiger partial charge >= 0.3 is 5.97 Å². The maximum absolute atomic E-state index is 11.4. The molecule has 1 rings (SSSR count). The number of aliphatic hydroxyl groups is 1. The molecule has 4 unspecified atom stereocenters. The van der Waals surface area contributed by atoms with Crippen LogP contribution < -0.4 is 0 Å². The Labute approximate surface area is 85.5 Å². The van der Waals surface area contributed by atoms with Gasteiger partial charge in [0.2, 0.25) is 0 Å². The van der Waals surface area contributed by atoms with Gasteiger partial charge in [-0.1, -0.05) is 20.8 Å². The van der Waals surface area contributed by atoms with Gasteiger partial charge in [-0.2, -0.15) is 0 Å². The maximum Gasteiger partial charge on any atom is 0.308 e. The first-order valence-electron chi connectivity index (χ1n) is 5.41. The van der Waals surface area contributed by atoms with E-state index in [9.17, 15) is 4.79 Å². The van der Waals surface area contributed by atoms with Crippen molar-refractivity contribution in [1.82, 2.24) is 0 Å². The number of ether oxygens (including phenoxy) is 1. The third-order valence-corrected chi connectivity index (χ3v) is 3.16. The number of hydrogen-bond donors (Lipinski definition) is 1. The third-order valence-electron chi connectivity index (χ3n) is 3.16. The number of rotatable bonds is 3. The topological polar surface area (TPSA) is 46.5 Å². The highest BCUT2D eigenvalue weighted by molar-refractivity contribution is 5.73. The summed E-state index contributed by atoms with van der Waals surface area (Å²) in [5.41, 5.74) is 0. The summed E-state index contributed by atoms with van der Waals surface area (Å²) in [7, 11) is 0. The normalized spacial score (nSPS) is 35.1. The fourth-order valence-electron chi connectivity index (χ4n) is 2.18. The lowest BCUT2D eigenvalue weighted by Gasteiger charge is -2.36. The Morgan fingerprint density at radius 3 is 2.71 bits per heavy atom. The first-order valence-corrected chi connectivity index (χ1v) is 5.41. The van der Waals surface area contributed by atoms with E-state index in [1.165, 1.54) is 0 Å². The standard InChI is InChI=1S/C11H20O3/c1-4-9(6-12)10-7(2)5-8(3)11(13)14-10/h7-10,12H,4-6H2,1-3H3. The van der Waals surface area contributed by atoms with E-state index >= 15 is 0 Å². The molecule has 1 saturated heterocycles. The Hall–Kier alpha value is -0.570. The lowest BCUT2D eigenvalue weighted by molar-refractivity contribution is -0.170. The van der Waals surface area contributed by atoms with Crippen molar-refractivity contribution < 1.29 is 14.6 Å². The van der Waals surface area contributed by atoms with Crippen LogP contribution in [0.25, 0.3) is 0 Å². The van der Waals surface area contributed by atoms with Crippen LogP contribution in [0, 0.1) is 17.8 Å². The third kappa shape index (κ3) is 2.27. The second kappa shape index (κ2) is 4.78. The lowest BCUT2D eigenvalue weighted by Crippen LogP contribution is -2.41. The molecule has 4 atom stereocenters. The molecule has 0 radical (unpaired) electrons. The molecule has 1 aliphatic heterocycles. The number of esters is 1. The smallest absolute Gasteiger partial charge is 0.308 e. The quantitative estimate of drug-likeness (QED) is 0.704. The number of carbonyl (C=O) groups is 1. The zero-order valence-corrected chi connectivity index (χ0v) is 9.19. The SMILES string of the molecule is CCC(CO)C1OC(=O)C(C)CC1C. The lowest BCUT2D eigenvalue weighted by atomic mass is 9.83. The van der Waals surface area contributed by atoms with Gasteiger partial charge in [0.1, 0.15) is 6.10 Å². The van der Waals surface area contributed by atoms with Crippen LogP contribution in [0.15, 0.2) is 0 Å². The van der Waals surface area contributed by atoms with Gasteiger partial charge in [-0.3, -0.25) is 4.79 Å². The Balaban J connectivity index is 2.64. The van der Waals surface area contributed by atoms with E-state index in [1.54, 1.807) is 0 Å². The summed E-state index contributed by atoms with van der Waals surface area (Å²) in [5.74, 6) is 0.360. The predicted octanol–water partition coefficient (Wildman–Crippen LogP) is 1.59. The van der Waals surface area contributed by atoms with E-state index in [-0.39, 0.29) is 30.5 Å². The molecule has 0 aromatic carbocycles. The van der Waals surface area contributed by atoms with Crippen LogP contribution in [-0.4, -0.2) is 23.8 Å². The van der Waals surface area contributed by atoms with Gasteiger partial charge in [0.25, 0.3) is 0 Å². The van der Waals surface area contributed by atoms with Gasteiger partial charge in [0, 0.05) is 12.5 Å². The molecule has 0 spiro atoms. The van der Waals surface area contributed by atoms with Gasteiger partial charge < -0.3 is 9.84 Å². The fourth-order valence-corrected chi connectivity index (χ4v) is 2.18. The molecular formula is C11H20O3. The highest BCUT2D eigenvalue weighted by atomic mass is 16.5. The second-order valence-electron chi connectivity index (χ2n) is 4.37. The van der Waals surface area contributed by atoms with Crippen molar-refractivity contribution in [2.45, 2.75) is 39.7 Å². The van der Waals surface area contributed by atoms with Crippen LogP contribution in [0.4, 0.5) is 0 Å². The van der Waals surface area contributed by atoms with Gasteiger partial charge in [-0.05, 0) is 18.8 Å². The van der Waals surface area contributed by atoms with Crippen LogP contribution >= 0.6 is 0 Å². The van der Waals surface area contributed by atoms with Crippen molar-refractivity contribution in [3.05, 3.63) is 0 Å². The number of cyclic esters (lactones) is 1. The zero-order valence-electron chi connectivity index (χ0n) is 9.19. The highest BCUT2D eigenvalue weighted by Gasteiger charge is 2.36. The van der Waals surface area contributed by atoms with Crippen molar-refractivity contribution in [3.63, 3.8) is 0 Å². The van der Waals surface area contributed by atoms with Crippen molar-refractivity contribution in [2.75, 3.05) is 6.61 Å². The second-order valence-corrected chi connectivity index (χ2v) is 4.37. The van der Waals surface area contributed by atoms with E-state index in [4.69, 9.17) is 9.84 Å². The van der Waals surface area contributed by atoms with Gasteiger partial charge in [0.15, 0.2) is 0 Å². The average molecular weight is 200 g/mol. The molecule has 0 aromatic rings. The Morgan fingerprint density at radius 1 is 1.57 bits per heavy atom. The van der Waals surface area contributed by atoms with Crippen molar-refractivity contribution >= 4 is 5.97 Å². The molecule has 82 valence electrons. The van der Waals surface area contributed by atoms with Gasteiger partial charge in [-0.15, -0.1) is 0 Å². The molecular weight excluding hydrogens is 180 g/mol. The molecule has 0 bridgehead atoms. The van der Waals surface area contributed by atoms with Crippen LogP contribution in [0.2, 0.25) is 0 Å². The molecule has 1 heterocycles. The number of carbonyl (C=O) groups excluding carboxylic acids is 1. The molecule has 14 heavy (non-hydrogen) atoms. The minimum absolute atomic E-state index is 0.0115. The molecule has 1 N–H and O–H groups in total. The van der Waals surface area contributed by atoms with Crippen molar-refractivity contribution in [2.24, 2.45) is 17.8 Å². The zero-order chi connectivity index (χ0) is 10.7. The van der Waals surface area contributed by atoms with E-state index in [1.807, 2.05) is 13.8 Å². The molecule has 3 nitrogen and oxygen atoms in total. The van der Waals surface area contributed by atoms with Crippen LogP contribution in [0.1, 0.15) is 33.6 Å². The molecule has 3 heteroatoms. The van der Waals surface area contributed by atoms with E-state index in [0.717, 1.165) is 12.8 Å². The molecule has 0 aromatic heterocycles.